The van der Waals surface area contributed by atoms with E-state index < -0.39 is 0 Å². The van der Waals surface area contributed by atoms with Gasteiger partial charge in [-0.15, -0.1) is 0 Å². The lowest BCUT2D eigenvalue weighted by molar-refractivity contribution is -0.0691. The molecule has 0 atom stereocenters. The van der Waals surface area contributed by atoms with Gasteiger partial charge in [0.1, 0.15) is 0 Å². The molecule has 0 saturated heterocycles. The molecule has 4 nitrogen and oxygen atoms in total. The largest absolute Gasteiger partial charge is 0.373 e. The van der Waals surface area contributed by atoms with Gasteiger partial charge in [0, 0.05) is 31.9 Å². The highest BCUT2D eigenvalue weighted by atomic mass is 16.5. The second-order valence-electron chi connectivity index (χ2n) is 5.61. The number of hydrogen-bond donors (Lipinski definition) is 1. The molecule has 0 amide bonds. The summed E-state index contributed by atoms with van der Waals surface area (Å²) in [7, 11) is 1.97. The number of aromatic nitrogens is 2. The standard InChI is InChI=1S/C14H25N3O/c1-12-3-7-14(11-15,8-4-12)18-10-6-13-5-9-16-17(13)2/h5,9,12H,3-4,6-8,10-11,15H2,1-2H3. The maximum absolute atomic E-state index is 6.13. The van der Waals surface area contributed by atoms with Crippen LogP contribution in [0.2, 0.25) is 0 Å². The summed E-state index contributed by atoms with van der Waals surface area (Å²) in [6.45, 7) is 3.70. The number of hydrogen-bond acceptors (Lipinski definition) is 3. The van der Waals surface area contributed by atoms with Crippen LogP contribution in [0.4, 0.5) is 0 Å². The van der Waals surface area contributed by atoms with E-state index >= 15 is 0 Å². The van der Waals surface area contributed by atoms with Crippen molar-refractivity contribution in [2.24, 2.45) is 18.7 Å². The van der Waals surface area contributed by atoms with Crippen molar-refractivity contribution >= 4 is 0 Å². The van der Waals surface area contributed by atoms with Crippen molar-refractivity contribution in [1.29, 1.82) is 0 Å². The highest BCUT2D eigenvalue weighted by Gasteiger charge is 2.33. The van der Waals surface area contributed by atoms with Gasteiger partial charge >= 0.3 is 0 Å². The monoisotopic (exact) mass is 251 g/mol. The summed E-state index contributed by atoms with van der Waals surface area (Å²) in [5, 5.41) is 4.17. The Balaban J connectivity index is 1.82. The molecule has 18 heavy (non-hydrogen) atoms. The zero-order valence-corrected chi connectivity index (χ0v) is 11.6. The third-order valence-electron chi connectivity index (χ3n) is 4.25. The van der Waals surface area contributed by atoms with Crippen molar-refractivity contribution in [2.75, 3.05) is 13.2 Å². The zero-order chi connectivity index (χ0) is 13.0. The van der Waals surface area contributed by atoms with E-state index in [2.05, 4.69) is 12.0 Å². The topological polar surface area (TPSA) is 53.1 Å². The van der Waals surface area contributed by atoms with Gasteiger partial charge < -0.3 is 10.5 Å². The van der Waals surface area contributed by atoms with Gasteiger partial charge in [-0.2, -0.15) is 5.10 Å². The summed E-state index contributed by atoms with van der Waals surface area (Å²) in [5.41, 5.74) is 7.08. The summed E-state index contributed by atoms with van der Waals surface area (Å²) in [6.07, 6.45) is 7.43. The van der Waals surface area contributed by atoms with E-state index in [0.29, 0.717) is 6.54 Å². The molecule has 1 heterocycles. The molecule has 0 aliphatic heterocycles. The fourth-order valence-electron chi connectivity index (χ4n) is 2.71. The predicted octanol–water partition coefficient (Wildman–Crippen LogP) is 1.89. The van der Waals surface area contributed by atoms with Crippen LogP contribution in [0.5, 0.6) is 0 Å². The quantitative estimate of drug-likeness (QED) is 0.869. The Morgan fingerprint density at radius 2 is 2.22 bits per heavy atom. The van der Waals surface area contributed by atoms with Gasteiger partial charge in [0.15, 0.2) is 0 Å². The lowest BCUT2D eigenvalue weighted by atomic mass is 9.79. The number of nitrogens with zero attached hydrogens (tertiary/aromatic N) is 2. The van der Waals surface area contributed by atoms with Crippen molar-refractivity contribution in [3.8, 4) is 0 Å². The highest BCUT2D eigenvalue weighted by Crippen LogP contribution is 2.34. The second-order valence-corrected chi connectivity index (χ2v) is 5.61. The summed E-state index contributed by atoms with van der Waals surface area (Å²) in [6, 6.07) is 2.04. The van der Waals surface area contributed by atoms with E-state index in [1.165, 1.54) is 18.5 Å². The van der Waals surface area contributed by atoms with Crippen molar-refractivity contribution < 1.29 is 4.74 Å². The van der Waals surface area contributed by atoms with Gasteiger partial charge in [-0.25, -0.2) is 0 Å². The maximum atomic E-state index is 6.13. The van der Waals surface area contributed by atoms with Gasteiger partial charge in [0.2, 0.25) is 0 Å². The predicted molar refractivity (Wildman–Crippen MR) is 72.3 cm³/mol. The van der Waals surface area contributed by atoms with Crippen LogP contribution in [0.15, 0.2) is 12.3 Å². The molecule has 0 spiro atoms. The minimum Gasteiger partial charge on any atom is -0.373 e. The van der Waals surface area contributed by atoms with E-state index in [0.717, 1.165) is 31.8 Å². The molecule has 2 N–H and O–H groups in total. The SMILES string of the molecule is CC1CCC(CN)(OCCc2ccnn2C)CC1. The molecule has 102 valence electrons. The third-order valence-corrected chi connectivity index (χ3v) is 4.25. The molecular weight excluding hydrogens is 226 g/mol. The van der Waals surface area contributed by atoms with Crippen molar-refractivity contribution in [3.05, 3.63) is 18.0 Å². The van der Waals surface area contributed by atoms with Crippen LogP contribution < -0.4 is 5.73 Å². The smallest absolute Gasteiger partial charge is 0.0804 e. The molecule has 1 fully saturated rings. The lowest BCUT2D eigenvalue weighted by Crippen LogP contribution is -2.44. The summed E-state index contributed by atoms with van der Waals surface area (Å²) >= 11 is 0. The maximum Gasteiger partial charge on any atom is 0.0804 e. The number of rotatable bonds is 5. The minimum absolute atomic E-state index is 0.0644. The molecule has 1 aliphatic rings. The van der Waals surface area contributed by atoms with Crippen LogP contribution in [-0.4, -0.2) is 28.5 Å². The zero-order valence-electron chi connectivity index (χ0n) is 11.6. The molecule has 1 aromatic rings. The Morgan fingerprint density at radius 1 is 1.50 bits per heavy atom. The Bertz CT molecular complexity index is 367. The summed E-state index contributed by atoms with van der Waals surface area (Å²) in [5.74, 6) is 0.824. The normalized spacial score (nSPS) is 28.5. The molecular formula is C14H25N3O. The van der Waals surface area contributed by atoms with Crippen LogP contribution in [0.25, 0.3) is 0 Å². The van der Waals surface area contributed by atoms with Gasteiger partial charge in [0.25, 0.3) is 0 Å². The summed E-state index contributed by atoms with van der Waals surface area (Å²) < 4.78 is 8.03. The molecule has 0 radical (unpaired) electrons. The first-order chi connectivity index (χ1) is 8.65. The van der Waals surface area contributed by atoms with Crippen molar-refractivity contribution in [3.63, 3.8) is 0 Å². The van der Waals surface area contributed by atoms with Crippen LogP contribution in [-0.2, 0) is 18.2 Å². The second kappa shape index (κ2) is 5.85. The summed E-state index contributed by atoms with van der Waals surface area (Å²) in [4.78, 5) is 0. The Hall–Kier alpha value is -0.870. The molecule has 1 aromatic heterocycles. The number of ether oxygens (including phenoxy) is 1. The average molecular weight is 251 g/mol. The van der Waals surface area contributed by atoms with Gasteiger partial charge in [-0.3, -0.25) is 4.68 Å². The average Bonchev–Trinajstić information content (AvgIpc) is 2.78. The fourth-order valence-corrected chi connectivity index (χ4v) is 2.71. The molecule has 2 rings (SSSR count). The Morgan fingerprint density at radius 3 is 2.78 bits per heavy atom. The fraction of sp³-hybridized carbons (Fsp3) is 0.786. The van der Waals surface area contributed by atoms with Crippen LogP contribution in [0.1, 0.15) is 38.3 Å². The molecule has 0 unspecified atom stereocenters. The van der Waals surface area contributed by atoms with Crippen LogP contribution in [0, 0.1) is 5.92 Å². The Labute approximate surface area is 110 Å². The van der Waals surface area contributed by atoms with E-state index in [9.17, 15) is 0 Å². The van der Waals surface area contributed by atoms with E-state index in [1.54, 1.807) is 0 Å². The first kappa shape index (κ1) is 13.6. The molecule has 0 bridgehead atoms. The van der Waals surface area contributed by atoms with Crippen molar-refractivity contribution in [1.82, 2.24) is 9.78 Å². The van der Waals surface area contributed by atoms with E-state index in [-0.39, 0.29) is 5.60 Å². The molecule has 4 heteroatoms. The molecule has 0 aromatic carbocycles. The molecule has 1 saturated carbocycles. The Kier molecular flexibility index (Phi) is 4.40. The first-order valence-corrected chi connectivity index (χ1v) is 6.96. The molecule has 1 aliphatic carbocycles. The van der Waals surface area contributed by atoms with Crippen LogP contribution in [0.3, 0.4) is 0 Å². The minimum atomic E-state index is -0.0644. The number of aryl methyl sites for hydroxylation is 1. The van der Waals surface area contributed by atoms with Gasteiger partial charge in [-0.05, 0) is 37.7 Å². The number of nitrogens with two attached hydrogens (primary N) is 1. The van der Waals surface area contributed by atoms with Crippen LogP contribution >= 0.6 is 0 Å². The highest BCUT2D eigenvalue weighted by molar-refractivity contribution is 5.00. The third kappa shape index (κ3) is 3.12. The van der Waals surface area contributed by atoms with E-state index in [1.807, 2.05) is 24.0 Å². The van der Waals surface area contributed by atoms with Crippen molar-refractivity contribution in [2.45, 2.75) is 44.6 Å². The van der Waals surface area contributed by atoms with Gasteiger partial charge in [0.05, 0.1) is 12.2 Å². The van der Waals surface area contributed by atoms with E-state index in [4.69, 9.17) is 10.5 Å². The first-order valence-electron chi connectivity index (χ1n) is 6.96. The van der Waals surface area contributed by atoms with Gasteiger partial charge in [-0.1, -0.05) is 6.92 Å². The lowest BCUT2D eigenvalue weighted by Gasteiger charge is -2.38.